The van der Waals surface area contributed by atoms with E-state index in [1.165, 1.54) is 27.6 Å². The fourth-order valence-corrected chi connectivity index (χ4v) is 4.25. The number of nitrogens with two attached hydrogens (primary N) is 1. The number of fused-ring (bicyclic) bond motifs is 1. The van der Waals surface area contributed by atoms with E-state index in [4.69, 9.17) is 10.6 Å². The van der Waals surface area contributed by atoms with Gasteiger partial charge in [-0.05, 0) is 70.8 Å². The largest absolute Gasteiger partial charge is 0.488 e. The van der Waals surface area contributed by atoms with Crippen molar-refractivity contribution >= 4 is 16.6 Å². The van der Waals surface area contributed by atoms with Gasteiger partial charge in [0.2, 0.25) is 0 Å². The highest BCUT2D eigenvalue weighted by atomic mass is 16.5. The molecule has 4 aromatic rings. The van der Waals surface area contributed by atoms with E-state index in [0.717, 1.165) is 22.6 Å². The van der Waals surface area contributed by atoms with Crippen molar-refractivity contribution in [1.29, 1.82) is 0 Å². The van der Waals surface area contributed by atoms with Gasteiger partial charge in [-0.3, -0.25) is 0 Å². The van der Waals surface area contributed by atoms with Crippen molar-refractivity contribution in [3.8, 4) is 5.75 Å². The molecule has 2 N–H and O–H groups in total. The third-order valence-corrected chi connectivity index (χ3v) is 6.02. The molecule has 3 aromatic carbocycles. The van der Waals surface area contributed by atoms with Gasteiger partial charge >= 0.3 is 0 Å². The Bertz CT molecular complexity index is 1250. The molecule has 0 unspecified atom stereocenters. The summed E-state index contributed by atoms with van der Waals surface area (Å²) in [4.78, 5) is 0. The topological polar surface area (TPSA) is 52.5 Å². The molecule has 0 aliphatic heterocycles. The Kier molecular flexibility index (Phi) is 6.31. The predicted molar refractivity (Wildman–Crippen MR) is 133 cm³/mol. The smallest absolute Gasteiger partial charge is 0.129 e. The highest BCUT2D eigenvalue weighted by Gasteiger charge is 2.17. The zero-order valence-corrected chi connectivity index (χ0v) is 19.3. The fourth-order valence-electron chi connectivity index (χ4n) is 4.25. The quantitative estimate of drug-likeness (QED) is 0.221. The molecule has 0 atom stereocenters. The number of aryl methyl sites for hydroxylation is 2. The first-order chi connectivity index (χ1) is 15.5. The van der Waals surface area contributed by atoms with E-state index in [0.29, 0.717) is 18.9 Å². The van der Waals surface area contributed by atoms with Crippen LogP contribution in [0.25, 0.3) is 10.9 Å². The second-order valence-electron chi connectivity index (χ2n) is 8.71. The molecule has 0 spiro atoms. The molecule has 1 aromatic heterocycles. The molecule has 0 aliphatic carbocycles. The Balaban J connectivity index is 1.69. The predicted octanol–water partition coefficient (Wildman–Crippen LogP) is 6.09. The van der Waals surface area contributed by atoms with Crippen molar-refractivity contribution in [3.63, 3.8) is 0 Å². The Hall–Kier alpha value is -3.53. The minimum absolute atomic E-state index is 0.400. The van der Waals surface area contributed by atoms with Crippen molar-refractivity contribution in [2.45, 2.75) is 39.7 Å². The van der Waals surface area contributed by atoms with Crippen molar-refractivity contribution < 1.29 is 4.74 Å². The molecule has 0 amide bonds. The van der Waals surface area contributed by atoms with Crippen molar-refractivity contribution in [3.05, 3.63) is 101 Å². The van der Waals surface area contributed by atoms with Crippen LogP contribution in [0, 0.1) is 6.92 Å². The summed E-state index contributed by atoms with van der Waals surface area (Å²) >= 11 is 0. The van der Waals surface area contributed by atoms with Gasteiger partial charge in [0, 0.05) is 30.7 Å². The second-order valence-corrected chi connectivity index (χ2v) is 8.71. The molecule has 0 fully saturated rings. The molecule has 0 saturated heterocycles. The van der Waals surface area contributed by atoms with E-state index in [-0.39, 0.29) is 0 Å². The highest BCUT2D eigenvalue weighted by molar-refractivity contribution is 6.04. The van der Waals surface area contributed by atoms with Gasteiger partial charge in [-0.2, -0.15) is 5.10 Å². The molecule has 0 bridgehead atoms. The lowest BCUT2D eigenvalue weighted by Gasteiger charge is -2.18. The van der Waals surface area contributed by atoms with Gasteiger partial charge in [0.05, 0.1) is 5.71 Å². The maximum Gasteiger partial charge on any atom is 0.129 e. The number of hydrogen-bond acceptors (Lipinski definition) is 3. The third-order valence-electron chi connectivity index (χ3n) is 6.02. The molecule has 32 heavy (non-hydrogen) atoms. The Morgan fingerprint density at radius 2 is 1.78 bits per heavy atom. The number of aromatic nitrogens is 1. The maximum absolute atomic E-state index is 6.29. The van der Waals surface area contributed by atoms with Crippen LogP contribution in [0.15, 0.2) is 78.0 Å². The number of benzene rings is 3. The lowest BCUT2D eigenvalue weighted by atomic mass is 9.92. The van der Waals surface area contributed by atoms with Gasteiger partial charge in [-0.25, -0.2) is 0 Å². The number of nitrogens with zero attached hydrogens (tertiary/aromatic N) is 2. The summed E-state index contributed by atoms with van der Waals surface area (Å²) in [6.45, 7) is 7.05. The Morgan fingerprint density at radius 3 is 2.50 bits per heavy atom. The van der Waals surface area contributed by atoms with Crippen molar-refractivity contribution in [2.75, 3.05) is 0 Å². The van der Waals surface area contributed by atoms with Crippen LogP contribution < -0.4 is 10.6 Å². The lowest BCUT2D eigenvalue weighted by Crippen LogP contribution is -2.12. The number of hydrogen-bond donors (Lipinski definition) is 1. The SMILES string of the molecule is Cc1cc(OCc2ccccc2)c(/C(Cc2ccc3c(ccn3C)c2)=N/N)cc1C(C)C. The molecular formula is C28H31N3O. The highest BCUT2D eigenvalue weighted by Crippen LogP contribution is 2.30. The summed E-state index contributed by atoms with van der Waals surface area (Å²) in [6, 6.07) is 23.2. The molecule has 1 heterocycles. The van der Waals surface area contributed by atoms with Crippen LogP contribution in [0.4, 0.5) is 0 Å². The van der Waals surface area contributed by atoms with E-state index >= 15 is 0 Å². The van der Waals surface area contributed by atoms with Gasteiger partial charge in [-0.1, -0.05) is 50.2 Å². The van der Waals surface area contributed by atoms with E-state index in [1.54, 1.807) is 0 Å². The minimum Gasteiger partial charge on any atom is -0.488 e. The summed E-state index contributed by atoms with van der Waals surface area (Å²) < 4.78 is 8.42. The number of hydrazone groups is 1. The molecule has 164 valence electrons. The first-order valence-corrected chi connectivity index (χ1v) is 11.1. The second kappa shape index (κ2) is 9.31. The lowest BCUT2D eigenvalue weighted by molar-refractivity contribution is 0.305. The standard InChI is InChI=1S/C28H31N3O/c1-19(2)24-17-25(28(14-20(24)3)32-18-21-8-6-5-7-9-21)26(30-29)16-22-10-11-27-23(15-22)12-13-31(27)4/h5-15,17,19H,16,18,29H2,1-4H3/b30-26+. The first-order valence-electron chi connectivity index (χ1n) is 11.1. The third kappa shape index (κ3) is 4.54. The summed E-state index contributed by atoms with van der Waals surface area (Å²) in [5.74, 6) is 7.16. The molecule has 4 heteroatoms. The molecule has 4 nitrogen and oxygen atoms in total. The van der Waals surface area contributed by atoms with Gasteiger partial charge in [0.15, 0.2) is 0 Å². The van der Waals surface area contributed by atoms with E-state index in [9.17, 15) is 0 Å². The van der Waals surface area contributed by atoms with E-state index in [1.807, 2.05) is 18.2 Å². The summed E-state index contributed by atoms with van der Waals surface area (Å²) in [5.41, 5.74) is 7.81. The van der Waals surface area contributed by atoms with Gasteiger partial charge in [-0.15, -0.1) is 0 Å². The van der Waals surface area contributed by atoms with E-state index < -0.39 is 0 Å². The van der Waals surface area contributed by atoms with Crippen LogP contribution in [0.5, 0.6) is 5.75 Å². The molecular weight excluding hydrogens is 394 g/mol. The molecule has 4 rings (SSSR count). The zero-order valence-electron chi connectivity index (χ0n) is 19.3. The average molecular weight is 426 g/mol. The Morgan fingerprint density at radius 1 is 1.00 bits per heavy atom. The summed E-state index contributed by atoms with van der Waals surface area (Å²) in [7, 11) is 2.06. The minimum atomic E-state index is 0.400. The molecule has 0 aliphatic rings. The van der Waals surface area contributed by atoms with Crippen LogP contribution >= 0.6 is 0 Å². The van der Waals surface area contributed by atoms with Crippen LogP contribution in [0.2, 0.25) is 0 Å². The van der Waals surface area contributed by atoms with Crippen molar-refractivity contribution in [2.24, 2.45) is 18.0 Å². The normalized spacial score (nSPS) is 12.0. The molecule has 0 radical (unpaired) electrons. The van der Waals surface area contributed by atoms with Gasteiger partial charge < -0.3 is 15.1 Å². The van der Waals surface area contributed by atoms with Gasteiger partial charge in [0.25, 0.3) is 0 Å². The summed E-state index contributed by atoms with van der Waals surface area (Å²) in [5, 5.41) is 5.43. The zero-order chi connectivity index (χ0) is 22.7. The van der Waals surface area contributed by atoms with Crippen LogP contribution in [-0.2, 0) is 20.1 Å². The first kappa shape index (κ1) is 21.7. The monoisotopic (exact) mass is 425 g/mol. The average Bonchev–Trinajstić information content (AvgIpc) is 3.16. The maximum atomic E-state index is 6.29. The van der Waals surface area contributed by atoms with Gasteiger partial charge in [0.1, 0.15) is 12.4 Å². The van der Waals surface area contributed by atoms with Crippen LogP contribution in [-0.4, -0.2) is 10.3 Å². The van der Waals surface area contributed by atoms with Crippen molar-refractivity contribution in [1.82, 2.24) is 4.57 Å². The number of rotatable bonds is 7. The number of ether oxygens (including phenoxy) is 1. The van der Waals surface area contributed by atoms with Crippen LogP contribution in [0.1, 0.15) is 47.6 Å². The fraction of sp³-hybridized carbons (Fsp3) is 0.250. The van der Waals surface area contributed by atoms with E-state index in [2.05, 4.69) is 92.2 Å². The molecule has 0 saturated carbocycles. The van der Waals surface area contributed by atoms with Crippen LogP contribution in [0.3, 0.4) is 0 Å². The summed E-state index contributed by atoms with van der Waals surface area (Å²) in [6.07, 6.45) is 2.72. The Labute approximate surface area is 190 Å².